The molecule has 1 aliphatic heterocycles. The van der Waals surface area contributed by atoms with E-state index in [-0.39, 0.29) is 29.4 Å². The van der Waals surface area contributed by atoms with Crippen LogP contribution in [-0.2, 0) is 16.6 Å². The Morgan fingerprint density at radius 1 is 1.03 bits per heavy atom. The molecule has 0 N–H and O–H groups in total. The van der Waals surface area contributed by atoms with Crippen LogP contribution in [-0.4, -0.2) is 55.1 Å². The highest BCUT2D eigenvalue weighted by Crippen LogP contribution is 2.25. The number of alkyl halides is 3. The molecule has 1 saturated heterocycles. The normalized spacial score (nSPS) is 16.4. The molecule has 0 aromatic heterocycles. The second kappa shape index (κ2) is 8.58. The zero-order chi connectivity index (χ0) is 21.9. The van der Waals surface area contributed by atoms with Gasteiger partial charge in [0.2, 0.25) is 10.0 Å². The highest BCUT2D eigenvalue weighted by molar-refractivity contribution is 7.89. The third-order valence-electron chi connectivity index (χ3n) is 4.54. The second-order valence-corrected chi connectivity index (χ2v) is 8.57. The van der Waals surface area contributed by atoms with Crippen LogP contribution < -0.4 is 4.74 Å². The van der Waals surface area contributed by atoms with Crippen LogP contribution in [0.25, 0.3) is 0 Å². The lowest BCUT2D eigenvalue weighted by molar-refractivity contribution is -0.385. The Balaban J connectivity index is 1.63. The number of benzene rings is 2. The van der Waals surface area contributed by atoms with E-state index < -0.39 is 21.3 Å². The van der Waals surface area contributed by atoms with Crippen molar-refractivity contribution >= 4 is 15.7 Å². The number of nitrogens with zero attached hydrogens (tertiary/aromatic N) is 3. The average Bonchev–Trinajstić information content (AvgIpc) is 2.67. The Morgan fingerprint density at radius 3 is 2.33 bits per heavy atom. The topological polar surface area (TPSA) is 93.0 Å². The van der Waals surface area contributed by atoms with Gasteiger partial charge in [-0.2, -0.15) is 4.31 Å². The number of rotatable bonds is 6. The summed E-state index contributed by atoms with van der Waals surface area (Å²) in [4.78, 5) is 12.0. The van der Waals surface area contributed by atoms with Crippen LogP contribution in [0.1, 0.15) is 5.56 Å². The summed E-state index contributed by atoms with van der Waals surface area (Å²) < 4.78 is 67.8. The van der Waals surface area contributed by atoms with E-state index in [1.54, 1.807) is 6.07 Å². The van der Waals surface area contributed by atoms with Gasteiger partial charge in [-0.05, 0) is 23.8 Å². The van der Waals surface area contributed by atoms with E-state index in [0.717, 1.165) is 6.07 Å². The molecule has 0 amide bonds. The molecule has 2 aromatic rings. The monoisotopic (exact) mass is 445 g/mol. The van der Waals surface area contributed by atoms with Gasteiger partial charge in [0.05, 0.1) is 9.82 Å². The van der Waals surface area contributed by atoms with Gasteiger partial charge in [0.1, 0.15) is 5.75 Å². The molecule has 0 saturated carbocycles. The Bertz CT molecular complexity index is 1020. The molecule has 1 fully saturated rings. The standard InChI is InChI=1S/C18H18F3N3O5S/c19-18(20,21)29-16-5-1-3-14(11-16)13-22-7-9-23(10-8-22)30(27,28)17-6-2-4-15(12-17)24(25)26/h1-6,11-12H,7-10,13H2. The fourth-order valence-electron chi connectivity index (χ4n) is 3.13. The highest BCUT2D eigenvalue weighted by Gasteiger charge is 2.32. The number of halogens is 3. The number of hydrogen-bond donors (Lipinski definition) is 0. The summed E-state index contributed by atoms with van der Waals surface area (Å²) in [6.07, 6.45) is -4.77. The summed E-state index contributed by atoms with van der Waals surface area (Å²) in [6, 6.07) is 10.5. The van der Waals surface area contributed by atoms with Crippen LogP contribution in [0, 0.1) is 10.1 Å². The molecule has 0 aliphatic carbocycles. The molecule has 0 spiro atoms. The summed E-state index contributed by atoms with van der Waals surface area (Å²) in [5, 5.41) is 10.9. The lowest BCUT2D eigenvalue weighted by atomic mass is 10.2. The van der Waals surface area contributed by atoms with E-state index >= 15 is 0 Å². The molecule has 0 atom stereocenters. The van der Waals surface area contributed by atoms with Crippen molar-refractivity contribution in [1.29, 1.82) is 0 Å². The molecule has 30 heavy (non-hydrogen) atoms. The lowest BCUT2D eigenvalue weighted by Crippen LogP contribution is -2.48. The third-order valence-corrected chi connectivity index (χ3v) is 6.43. The van der Waals surface area contributed by atoms with Gasteiger partial charge < -0.3 is 4.74 Å². The van der Waals surface area contributed by atoms with Crippen molar-refractivity contribution in [3.05, 3.63) is 64.2 Å². The first-order valence-corrected chi connectivity index (χ1v) is 10.3. The molecular weight excluding hydrogens is 427 g/mol. The Morgan fingerprint density at radius 2 is 1.70 bits per heavy atom. The Labute approximate surface area is 170 Å². The summed E-state index contributed by atoms with van der Waals surface area (Å²) in [6.45, 7) is 1.37. The summed E-state index contributed by atoms with van der Waals surface area (Å²) in [7, 11) is -3.88. The van der Waals surface area contributed by atoms with Gasteiger partial charge in [0.15, 0.2) is 0 Å². The van der Waals surface area contributed by atoms with Crippen LogP contribution in [0.2, 0.25) is 0 Å². The van der Waals surface area contributed by atoms with Crippen LogP contribution in [0.3, 0.4) is 0 Å². The first-order chi connectivity index (χ1) is 14.0. The maximum absolute atomic E-state index is 12.8. The number of non-ortho nitro benzene ring substituents is 1. The number of piperazine rings is 1. The SMILES string of the molecule is O=[N+]([O-])c1cccc(S(=O)(=O)N2CCN(Cc3cccc(OC(F)(F)F)c3)CC2)c1. The molecule has 12 heteroatoms. The minimum atomic E-state index is -4.77. The first kappa shape index (κ1) is 22.0. The summed E-state index contributed by atoms with van der Waals surface area (Å²) >= 11 is 0. The molecule has 2 aromatic carbocycles. The van der Waals surface area contributed by atoms with Crippen molar-refractivity contribution in [2.75, 3.05) is 26.2 Å². The zero-order valence-corrected chi connectivity index (χ0v) is 16.4. The van der Waals surface area contributed by atoms with Crippen molar-refractivity contribution in [3.63, 3.8) is 0 Å². The van der Waals surface area contributed by atoms with E-state index in [0.29, 0.717) is 25.2 Å². The molecular formula is C18H18F3N3O5S. The quantitative estimate of drug-likeness (QED) is 0.501. The number of ether oxygens (including phenoxy) is 1. The van der Waals surface area contributed by atoms with E-state index in [1.807, 2.05) is 4.90 Å². The Kier molecular flexibility index (Phi) is 6.29. The molecule has 0 radical (unpaired) electrons. The zero-order valence-electron chi connectivity index (χ0n) is 15.6. The van der Waals surface area contributed by atoms with Gasteiger partial charge in [-0.1, -0.05) is 18.2 Å². The third kappa shape index (κ3) is 5.46. The number of sulfonamides is 1. The van der Waals surface area contributed by atoms with E-state index in [2.05, 4.69) is 4.74 Å². The van der Waals surface area contributed by atoms with Crippen LogP contribution in [0.5, 0.6) is 5.75 Å². The van der Waals surface area contributed by atoms with Crippen molar-refractivity contribution < 1.29 is 31.2 Å². The van der Waals surface area contributed by atoms with Gasteiger partial charge in [-0.25, -0.2) is 8.42 Å². The van der Waals surface area contributed by atoms with Gasteiger partial charge in [-0.3, -0.25) is 15.0 Å². The lowest BCUT2D eigenvalue weighted by Gasteiger charge is -2.34. The molecule has 8 nitrogen and oxygen atoms in total. The van der Waals surface area contributed by atoms with Crippen molar-refractivity contribution in [2.24, 2.45) is 0 Å². The average molecular weight is 445 g/mol. The van der Waals surface area contributed by atoms with Gasteiger partial charge >= 0.3 is 6.36 Å². The smallest absolute Gasteiger partial charge is 0.406 e. The predicted molar refractivity (Wildman–Crippen MR) is 100 cm³/mol. The fraction of sp³-hybridized carbons (Fsp3) is 0.333. The maximum Gasteiger partial charge on any atom is 0.573 e. The predicted octanol–water partition coefficient (Wildman–Crippen LogP) is 3.00. The minimum absolute atomic E-state index is 0.151. The number of hydrogen-bond acceptors (Lipinski definition) is 6. The first-order valence-electron chi connectivity index (χ1n) is 8.86. The van der Waals surface area contributed by atoms with Crippen LogP contribution >= 0.6 is 0 Å². The summed E-state index contributed by atoms with van der Waals surface area (Å²) in [5.41, 5.74) is 0.294. The van der Waals surface area contributed by atoms with Crippen molar-refractivity contribution in [1.82, 2.24) is 9.21 Å². The van der Waals surface area contributed by atoms with Crippen LogP contribution in [0.15, 0.2) is 53.4 Å². The van der Waals surface area contributed by atoms with E-state index in [4.69, 9.17) is 0 Å². The fourth-order valence-corrected chi connectivity index (χ4v) is 4.60. The van der Waals surface area contributed by atoms with Crippen molar-refractivity contribution in [2.45, 2.75) is 17.8 Å². The maximum atomic E-state index is 12.8. The number of nitro benzene ring substituents is 1. The van der Waals surface area contributed by atoms with Crippen LogP contribution in [0.4, 0.5) is 18.9 Å². The molecule has 0 unspecified atom stereocenters. The molecule has 3 rings (SSSR count). The molecule has 1 aliphatic rings. The second-order valence-electron chi connectivity index (χ2n) is 6.63. The molecule has 162 valence electrons. The largest absolute Gasteiger partial charge is 0.573 e. The molecule has 0 bridgehead atoms. The molecule has 1 heterocycles. The summed E-state index contributed by atoms with van der Waals surface area (Å²) in [5.74, 6) is -0.313. The van der Waals surface area contributed by atoms with Gasteiger partial charge in [0.25, 0.3) is 5.69 Å². The van der Waals surface area contributed by atoms with E-state index in [9.17, 15) is 31.7 Å². The Hall–Kier alpha value is -2.70. The highest BCUT2D eigenvalue weighted by atomic mass is 32.2. The van der Waals surface area contributed by atoms with Gasteiger partial charge in [-0.15, -0.1) is 13.2 Å². The minimum Gasteiger partial charge on any atom is -0.406 e. The number of nitro groups is 1. The van der Waals surface area contributed by atoms with E-state index in [1.165, 1.54) is 40.7 Å². The van der Waals surface area contributed by atoms with Gasteiger partial charge in [0, 0.05) is 44.9 Å². The van der Waals surface area contributed by atoms with Crippen molar-refractivity contribution in [3.8, 4) is 5.75 Å².